The van der Waals surface area contributed by atoms with E-state index in [-0.39, 0.29) is 18.6 Å². The predicted octanol–water partition coefficient (Wildman–Crippen LogP) is 3.37. The molecule has 5 nitrogen and oxygen atoms in total. The van der Waals surface area contributed by atoms with Crippen LogP contribution in [0.5, 0.6) is 5.88 Å². The maximum absolute atomic E-state index is 12.7. The molecular weight excluding hydrogens is 316 g/mol. The second-order valence-electron chi connectivity index (χ2n) is 6.30. The van der Waals surface area contributed by atoms with Crippen molar-refractivity contribution in [2.24, 2.45) is 0 Å². The van der Waals surface area contributed by atoms with E-state index in [0.717, 1.165) is 11.1 Å². The van der Waals surface area contributed by atoms with Crippen LogP contribution >= 0.6 is 0 Å². The third-order valence-corrected chi connectivity index (χ3v) is 3.82. The summed E-state index contributed by atoms with van der Waals surface area (Å²) in [5, 5.41) is 10.4. The summed E-state index contributed by atoms with van der Waals surface area (Å²) in [5.41, 5.74) is 2.24. The summed E-state index contributed by atoms with van der Waals surface area (Å²) in [5.74, 6) is 0.207. The van der Waals surface area contributed by atoms with E-state index >= 15 is 0 Å². The van der Waals surface area contributed by atoms with Gasteiger partial charge in [-0.05, 0) is 39.3 Å². The summed E-state index contributed by atoms with van der Waals surface area (Å²) in [6.07, 6.45) is -0.747. The van der Waals surface area contributed by atoms with Gasteiger partial charge in [0.25, 0.3) is 5.91 Å². The fraction of sp³-hybridized carbons (Fsp3) is 0.400. The fourth-order valence-corrected chi connectivity index (χ4v) is 2.46. The van der Waals surface area contributed by atoms with E-state index in [9.17, 15) is 9.90 Å². The first kappa shape index (κ1) is 18.9. The normalized spacial score (nSPS) is 12.1. The van der Waals surface area contributed by atoms with Gasteiger partial charge in [-0.1, -0.05) is 35.9 Å². The Labute approximate surface area is 149 Å². The number of amides is 1. The van der Waals surface area contributed by atoms with Crippen molar-refractivity contribution in [1.29, 1.82) is 0 Å². The lowest BCUT2D eigenvalue weighted by Gasteiger charge is -2.24. The van der Waals surface area contributed by atoms with Crippen molar-refractivity contribution in [3.05, 3.63) is 59.3 Å². The molecule has 0 bridgehead atoms. The van der Waals surface area contributed by atoms with Gasteiger partial charge in [-0.15, -0.1) is 0 Å². The van der Waals surface area contributed by atoms with Gasteiger partial charge >= 0.3 is 0 Å². The number of carbonyl (C=O) groups is 1. The molecule has 2 aromatic rings. The van der Waals surface area contributed by atoms with E-state index in [0.29, 0.717) is 18.1 Å². The highest BCUT2D eigenvalue weighted by atomic mass is 16.5. The van der Waals surface area contributed by atoms with Gasteiger partial charge in [0.2, 0.25) is 5.88 Å². The van der Waals surface area contributed by atoms with Crippen LogP contribution in [0, 0.1) is 6.92 Å². The average Bonchev–Trinajstić information content (AvgIpc) is 2.59. The number of ether oxygens (including phenoxy) is 1. The Morgan fingerprint density at radius 1 is 1.20 bits per heavy atom. The number of aliphatic hydroxyl groups excluding tert-OH is 1. The topological polar surface area (TPSA) is 62.7 Å². The molecule has 5 heteroatoms. The summed E-state index contributed by atoms with van der Waals surface area (Å²) in [7, 11) is 0. The van der Waals surface area contributed by atoms with Crippen molar-refractivity contribution in [2.45, 2.75) is 39.9 Å². The van der Waals surface area contributed by atoms with Gasteiger partial charge < -0.3 is 14.7 Å². The molecule has 0 saturated carbocycles. The van der Waals surface area contributed by atoms with Crippen molar-refractivity contribution in [3.63, 3.8) is 0 Å². The molecule has 1 atom stereocenters. The highest BCUT2D eigenvalue weighted by molar-refractivity contribution is 5.92. The first-order chi connectivity index (χ1) is 11.9. The molecular formula is C20H26N2O3. The average molecular weight is 342 g/mol. The van der Waals surface area contributed by atoms with Gasteiger partial charge in [0.1, 0.15) is 5.69 Å². The van der Waals surface area contributed by atoms with E-state index < -0.39 is 6.10 Å². The number of pyridine rings is 1. The maximum Gasteiger partial charge on any atom is 0.272 e. The zero-order chi connectivity index (χ0) is 18.4. The lowest BCUT2D eigenvalue weighted by molar-refractivity contribution is 0.0628. The van der Waals surface area contributed by atoms with Gasteiger partial charge in [-0.2, -0.15) is 0 Å². The van der Waals surface area contributed by atoms with Crippen LogP contribution in [0.3, 0.4) is 0 Å². The summed E-state index contributed by atoms with van der Waals surface area (Å²) in [6.45, 7) is 8.40. The number of hydrogen-bond acceptors (Lipinski definition) is 4. The quantitative estimate of drug-likeness (QED) is 0.838. The van der Waals surface area contributed by atoms with Crippen LogP contribution in [0.25, 0.3) is 0 Å². The molecule has 1 N–H and O–H groups in total. The molecule has 0 fully saturated rings. The molecule has 1 aromatic carbocycles. The van der Waals surface area contributed by atoms with Crippen molar-refractivity contribution in [3.8, 4) is 5.88 Å². The number of aromatic nitrogens is 1. The van der Waals surface area contributed by atoms with Crippen LogP contribution in [-0.2, 0) is 0 Å². The Kier molecular flexibility index (Phi) is 6.53. The van der Waals surface area contributed by atoms with Crippen LogP contribution in [0.1, 0.15) is 48.5 Å². The van der Waals surface area contributed by atoms with E-state index in [1.54, 1.807) is 23.1 Å². The third-order valence-electron chi connectivity index (χ3n) is 3.82. The Hall–Kier alpha value is -2.40. The molecule has 1 heterocycles. The molecule has 2 rings (SSSR count). The van der Waals surface area contributed by atoms with Crippen LogP contribution in [-0.4, -0.2) is 40.1 Å². The van der Waals surface area contributed by atoms with E-state index in [1.165, 1.54) is 0 Å². The Morgan fingerprint density at radius 2 is 1.88 bits per heavy atom. The summed E-state index contributed by atoms with van der Waals surface area (Å²) >= 11 is 0. The number of benzene rings is 1. The van der Waals surface area contributed by atoms with Gasteiger partial charge in [0.15, 0.2) is 0 Å². The van der Waals surface area contributed by atoms with Crippen LogP contribution in [0.4, 0.5) is 0 Å². The highest BCUT2D eigenvalue weighted by Gasteiger charge is 2.20. The monoisotopic (exact) mass is 342 g/mol. The van der Waals surface area contributed by atoms with Gasteiger partial charge in [0, 0.05) is 12.6 Å². The van der Waals surface area contributed by atoms with Crippen molar-refractivity contribution < 1.29 is 14.6 Å². The second kappa shape index (κ2) is 8.62. The molecule has 0 aliphatic heterocycles. The smallest absolute Gasteiger partial charge is 0.272 e. The first-order valence-electron chi connectivity index (χ1n) is 8.58. The lowest BCUT2D eigenvalue weighted by Crippen LogP contribution is -2.35. The molecule has 0 radical (unpaired) electrons. The second-order valence-corrected chi connectivity index (χ2v) is 6.30. The molecule has 25 heavy (non-hydrogen) atoms. The number of nitrogens with zero attached hydrogens (tertiary/aromatic N) is 2. The Bertz CT molecular complexity index is 698. The standard InChI is InChI=1S/C20H26N2O3/c1-5-22(13-18(23)16-11-9-15(4)10-12-16)20(24)17-7-6-8-19(21-17)25-14(2)3/h6-12,14,18,23H,5,13H2,1-4H3. The van der Waals surface area contributed by atoms with Crippen molar-refractivity contribution >= 4 is 5.91 Å². The van der Waals surface area contributed by atoms with E-state index in [2.05, 4.69) is 4.98 Å². The van der Waals surface area contributed by atoms with Gasteiger partial charge in [-0.3, -0.25) is 4.79 Å². The maximum atomic E-state index is 12.7. The number of hydrogen-bond donors (Lipinski definition) is 1. The number of likely N-dealkylation sites (N-methyl/N-ethyl adjacent to an activating group) is 1. The van der Waals surface area contributed by atoms with Gasteiger partial charge in [0.05, 0.1) is 18.8 Å². The number of aryl methyl sites for hydroxylation is 1. The number of carbonyl (C=O) groups excluding carboxylic acids is 1. The lowest BCUT2D eigenvalue weighted by atomic mass is 10.1. The van der Waals surface area contributed by atoms with Crippen LogP contribution in [0.15, 0.2) is 42.5 Å². The Balaban J connectivity index is 2.11. The summed E-state index contributed by atoms with van der Waals surface area (Å²) in [6, 6.07) is 12.8. The van der Waals surface area contributed by atoms with Crippen molar-refractivity contribution in [2.75, 3.05) is 13.1 Å². The van der Waals surface area contributed by atoms with Crippen LogP contribution in [0.2, 0.25) is 0 Å². The minimum atomic E-state index is -0.736. The molecule has 1 unspecified atom stereocenters. The summed E-state index contributed by atoms with van der Waals surface area (Å²) in [4.78, 5) is 18.6. The minimum absolute atomic E-state index is 0.0107. The van der Waals surface area contributed by atoms with Crippen molar-refractivity contribution in [1.82, 2.24) is 9.88 Å². The van der Waals surface area contributed by atoms with E-state index in [4.69, 9.17) is 4.74 Å². The van der Waals surface area contributed by atoms with Crippen LogP contribution < -0.4 is 4.74 Å². The largest absolute Gasteiger partial charge is 0.475 e. The molecule has 1 amide bonds. The van der Waals surface area contributed by atoms with Gasteiger partial charge in [-0.25, -0.2) is 4.98 Å². The zero-order valence-corrected chi connectivity index (χ0v) is 15.3. The predicted molar refractivity (Wildman–Crippen MR) is 97.7 cm³/mol. The molecule has 134 valence electrons. The minimum Gasteiger partial charge on any atom is -0.475 e. The molecule has 0 spiro atoms. The first-order valence-corrected chi connectivity index (χ1v) is 8.58. The zero-order valence-electron chi connectivity index (χ0n) is 15.3. The molecule has 1 aromatic heterocycles. The fourth-order valence-electron chi connectivity index (χ4n) is 2.46. The molecule has 0 saturated heterocycles. The molecule has 0 aliphatic carbocycles. The highest BCUT2D eigenvalue weighted by Crippen LogP contribution is 2.17. The SMILES string of the molecule is CCN(CC(O)c1ccc(C)cc1)C(=O)c1cccc(OC(C)C)n1. The number of aliphatic hydroxyl groups is 1. The van der Waals surface area contributed by atoms with E-state index in [1.807, 2.05) is 52.0 Å². The summed E-state index contributed by atoms with van der Waals surface area (Å²) < 4.78 is 5.55. The number of rotatable bonds is 7. The third kappa shape index (κ3) is 5.29. The Morgan fingerprint density at radius 3 is 2.48 bits per heavy atom. The molecule has 0 aliphatic rings.